The predicted molar refractivity (Wildman–Crippen MR) is 63.2 cm³/mol. The SMILES string of the molecule is Cc1cc(CNC(C)(CO)CO)c(C)s1. The zero-order chi connectivity index (χ0) is 11.5. The molecule has 0 saturated carbocycles. The quantitative estimate of drug-likeness (QED) is 0.711. The summed E-state index contributed by atoms with van der Waals surface area (Å²) >= 11 is 1.77. The summed E-state index contributed by atoms with van der Waals surface area (Å²) in [7, 11) is 0. The lowest BCUT2D eigenvalue weighted by molar-refractivity contribution is 0.103. The van der Waals surface area contributed by atoms with E-state index in [1.54, 1.807) is 11.3 Å². The molecule has 1 rings (SSSR count). The van der Waals surface area contributed by atoms with Gasteiger partial charge in [0.05, 0.1) is 18.8 Å². The average Bonchev–Trinajstić information content (AvgIpc) is 2.54. The van der Waals surface area contributed by atoms with Gasteiger partial charge in [0.2, 0.25) is 0 Å². The summed E-state index contributed by atoms with van der Waals surface area (Å²) in [5.41, 5.74) is 0.646. The molecule has 0 bridgehead atoms. The smallest absolute Gasteiger partial charge is 0.0633 e. The van der Waals surface area contributed by atoms with E-state index < -0.39 is 5.54 Å². The van der Waals surface area contributed by atoms with Crippen LogP contribution in [-0.4, -0.2) is 29.0 Å². The fourth-order valence-corrected chi connectivity index (χ4v) is 2.28. The molecule has 0 radical (unpaired) electrons. The molecule has 1 aromatic heterocycles. The van der Waals surface area contributed by atoms with Crippen molar-refractivity contribution in [2.45, 2.75) is 32.9 Å². The van der Waals surface area contributed by atoms with Crippen molar-refractivity contribution >= 4 is 11.3 Å². The molecule has 0 amide bonds. The second-order valence-electron chi connectivity index (χ2n) is 4.17. The van der Waals surface area contributed by atoms with Crippen LogP contribution in [0.3, 0.4) is 0 Å². The number of hydrogen-bond donors (Lipinski definition) is 3. The lowest BCUT2D eigenvalue weighted by Crippen LogP contribution is -2.48. The molecule has 0 atom stereocenters. The fourth-order valence-electron chi connectivity index (χ4n) is 1.33. The van der Waals surface area contributed by atoms with Crippen LogP contribution in [0.4, 0.5) is 0 Å². The van der Waals surface area contributed by atoms with Gasteiger partial charge >= 0.3 is 0 Å². The van der Waals surface area contributed by atoms with Gasteiger partial charge in [0.15, 0.2) is 0 Å². The standard InChI is InChI=1S/C11H19NO2S/c1-8-4-10(9(2)15-8)5-12-11(3,6-13)7-14/h4,12-14H,5-7H2,1-3H3. The Morgan fingerprint density at radius 1 is 1.33 bits per heavy atom. The third-order valence-corrected chi connectivity index (χ3v) is 3.56. The largest absolute Gasteiger partial charge is 0.394 e. The molecule has 0 unspecified atom stereocenters. The molecule has 0 aromatic carbocycles. The van der Waals surface area contributed by atoms with Crippen molar-refractivity contribution in [1.82, 2.24) is 5.32 Å². The number of aliphatic hydroxyl groups is 2. The Morgan fingerprint density at radius 3 is 2.33 bits per heavy atom. The molecule has 3 N–H and O–H groups in total. The molecule has 4 heteroatoms. The molecule has 1 aromatic rings. The first kappa shape index (κ1) is 12.6. The summed E-state index contributed by atoms with van der Waals surface area (Å²) < 4.78 is 0. The highest BCUT2D eigenvalue weighted by molar-refractivity contribution is 7.12. The van der Waals surface area contributed by atoms with Gasteiger partial charge in [0.25, 0.3) is 0 Å². The minimum Gasteiger partial charge on any atom is -0.394 e. The van der Waals surface area contributed by atoms with Crippen LogP contribution in [0.1, 0.15) is 22.2 Å². The van der Waals surface area contributed by atoms with Crippen molar-refractivity contribution in [1.29, 1.82) is 0 Å². The van der Waals surface area contributed by atoms with E-state index in [1.165, 1.54) is 15.3 Å². The van der Waals surface area contributed by atoms with Gasteiger partial charge in [-0.25, -0.2) is 0 Å². The van der Waals surface area contributed by atoms with Gasteiger partial charge in [-0.1, -0.05) is 0 Å². The van der Waals surface area contributed by atoms with Gasteiger partial charge in [-0.05, 0) is 32.4 Å². The van der Waals surface area contributed by atoms with E-state index in [0.717, 1.165) is 0 Å². The Bertz CT molecular complexity index is 318. The second kappa shape index (κ2) is 5.07. The van der Waals surface area contributed by atoms with Gasteiger partial charge < -0.3 is 15.5 Å². The predicted octanol–water partition coefficient (Wildman–Crippen LogP) is 1.20. The van der Waals surface area contributed by atoms with E-state index in [9.17, 15) is 0 Å². The number of thiophene rings is 1. The van der Waals surface area contributed by atoms with Crippen LogP contribution in [0.15, 0.2) is 6.07 Å². The number of nitrogens with one attached hydrogen (secondary N) is 1. The molecule has 0 aliphatic rings. The maximum absolute atomic E-state index is 9.12. The van der Waals surface area contributed by atoms with Crippen molar-refractivity contribution in [3.05, 3.63) is 21.4 Å². The summed E-state index contributed by atoms with van der Waals surface area (Å²) in [5.74, 6) is 0. The molecule has 0 saturated heterocycles. The Kier molecular flexibility index (Phi) is 4.28. The summed E-state index contributed by atoms with van der Waals surface area (Å²) in [6.07, 6.45) is 0. The normalized spacial score (nSPS) is 12.1. The minimum absolute atomic E-state index is 0.0638. The summed E-state index contributed by atoms with van der Waals surface area (Å²) in [4.78, 5) is 2.58. The number of hydrogen-bond acceptors (Lipinski definition) is 4. The van der Waals surface area contributed by atoms with Crippen LogP contribution in [0.5, 0.6) is 0 Å². The first-order valence-electron chi connectivity index (χ1n) is 5.03. The van der Waals surface area contributed by atoms with Crippen molar-refractivity contribution in [3.63, 3.8) is 0 Å². The van der Waals surface area contributed by atoms with E-state index in [-0.39, 0.29) is 13.2 Å². The highest BCUT2D eigenvalue weighted by Crippen LogP contribution is 2.20. The van der Waals surface area contributed by atoms with Crippen LogP contribution in [0, 0.1) is 13.8 Å². The fraction of sp³-hybridized carbons (Fsp3) is 0.636. The van der Waals surface area contributed by atoms with Crippen LogP contribution in [0.25, 0.3) is 0 Å². The molecule has 0 spiro atoms. The highest BCUT2D eigenvalue weighted by Gasteiger charge is 2.21. The van der Waals surface area contributed by atoms with Gasteiger partial charge in [-0.2, -0.15) is 0 Å². The lowest BCUT2D eigenvalue weighted by atomic mass is 10.1. The van der Waals surface area contributed by atoms with Crippen LogP contribution >= 0.6 is 11.3 Å². The first-order chi connectivity index (χ1) is 7.00. The van der Waals surface area contributed by atoms with E-state index in [2.05, 4.69) is 25.2 Å². The maximum atomic E-state index is 9.12. The topological polar surface area (TPSA) is 52.5 Å². The molecule has 15 heavy (non-hydrogen) atoms. The number of aryl methyl sites for hydroxylation is 2. The first-order valence-corrected chi connectivity index (χ1v) is 5.85. The van der Waals surface area contributed by atoms with Crippen molar-refractivity contribution in [3.8, 4) is 0 Å². The molecule has 1 heterocycles. The Hall–Kier alpha value is -0.420. The third kappa shape index (κ3) is 3.28. The van der Waals surface area contributed by atoms with E-state index in [1.807, 2.05) is 6.92 Å². The molecule has 0 fully saturated rings. The summed E-state index contributed by atoms with van der Waals surface area (Å²) in [6, 6.07) is 2.14. The summed E-state index contributed by atoms with van der Waals surface area (Å²) in [6.45, 7) is 6.54. The zero-order valence-corrected chi connectivity index (χ0v) is 10.3. The van der Waals surface area contributed by atoms with Gasteiger partial charge in [0, 0.05) is 16.3 Å². The van der Waals surface area contributed by atoms with E-state index in [4.69, 9.17) is 10.2 Å². The minimum atomic E-state index is -0.595. The molecule has 86 valence electrons. The van der Waals surface area contributed by atoms with E-state index >= 15 is 0 Å². The highest BCUT2D eigenvalue weighted by atomic mass is 32.1. The lowest BCUT2D eigenvalue weighted by Gasteiger charge is -2.26. The van der Waals surface area contributed by atoms with Crippen molar-refractivity contribution in [2.75, 3.05) is 13.2 Å². The Labute approximate surface area is 94.8 Å². The molecular formula is C11H19NO2S. The van der Waals surface area contributed by atoms with Crippen molar-refractivity contribution in [2.24, 2.45) is 0 Å². The Morgan fingerprint density at radius 2 is 1.93 bits per heavy atom. The van der Waals surface area contributed by atoms with Crippen LogP contribution < -0.4 is 5.32 Å². The molecule has 3 nitrogen and oxygen atoms in total. The second-order valence-corrected chi connectivity index (χ2v) is 5.63. The average molecular weight is 229 g/mol. The zero-order valence-electron chi connectivity index (χ0n) is 9.50. The van der Waals surface area contributed by atoms with Crippen LogP contribution in [-0.2, 0) is 6.54 Å². The maximum Gasteiger partial charge on any atom is 0.0633 e. The molecule has 0 aliphatic carbocycles. The summed E-state index contributed by atoms with van der Waals surface area (Å²) in [5, 5.41) is 21.4. The molecular weight excluding hydrogens is 210 g/mol. The van der Waals surface area contributed by atoms with Gasteiger partial charge in [-0.3, -0.25) is 0 Å². The van der Waals surface area contributed by atoms with Crippen molar-refractivity contribution < 1.29 is 10.2 Å². The molecule has 0 aliphatic heterocycles. The number of rotatable bonds is 5. The van der Waals surface area contributed by atoms with Gasteiger partial charge in [-0.15, -0.1) is 11.3 Å². The number of aliphatic hydroxyl groups excluding tert-OH is 2. The third-order valence-electron chi connectivity index (χ3n) is 2.55. The van der Waals surface area contributed by atoms with Gasteiger partial charge in [0.1, 0.15) is 0 Å². The van der Waals surface area contributed by atoms with E-state index in [0.29, 0.717) is 6.54 Å². The van der Waals surface area contributed by atoms with Crippen LogP contribution in [0.2, 0.25) is 0 Å². The monoisotopic (exact) mass is 229 g/mol. The Balaban J connectivity index is 2.60.